The minimum absolute atomic E-state index is 0.111. The Morgan fingerprint density at radius 2 is 1.05 bits per heavy atom. The van der Waals surface area contributed by atoms with Crippen LogP contribution in [0.25, 0.3) is 0 Å². The second kappa shape index (κ2) is 16.4. The molecule has 0 atom stereocenters. The fourth-order valence-corrected chi connectivity index (χ4v) is 3.15. The van der Waals surface area contributed by atoms with Crippen molar-refractivity contribution >= 4 is 23.2 Å². The Balaban J connectivity index is 0.000000400. The molecule has 2 aromatic carbocycles. The highest BCUT2D eigenvalue weighted by Crippen LogP contribution is 2.17. The summed E-state index contributed by atoms with van der Waals surface area (Å²) in [5.74, 6) is 2.85. The summed E-state index contributed by atoms with van der Waals surface area (Å²) in [7, 11) is 0. The van der Waals surface area contributed by atoms with Crippen molar-refractivity contribution in [3.8, 4) is 36.8 Å². The van der Waals surface area contributed by atoms with Gasteiger partial charge in [0.25, 0.3) is 11.8 Å². The highest BCUT2D eigenvalue weighted by molar-refractivity contribution is 6.07. The average Bonchev–Trinajstić information content (AvgIpc) is 2.91. The van der Waals surface area contributed by atoms with Gasteiger partial charge in [-0.1, -0.05) is 12.1 Å². The van der Waals surface area contributed by atoms with E-state index in [0.717, 1.165) is 22.3 Å². The molecular formula is C32H32N4O4. The maximum absolute atomic E-state index is 11.9. The number of nitriles is 2. The summed E-state index contributed by atoms with van der Waals surface area (Å²) >= 11 is 0. The van der Waals surface area contributed by atoms with Gasteiger partial charge in [0.1, 0.15) is 23.7 Å². The minimum Gasteiger partial charge on any atom is -0.511 e. The molecule has 0 spiro atoms. The Kier molecular flexibility index (Phi) is 13.4. The molecule has 0 unspecified atom stereocenters. The van der Waals surface area contributed by atoms with Crippen molar-refractivity contribution in [2.45, 2.75) is 53.4 Å². The highest BCUT2D eigenvalue weighted by Gasteiger charge is 2.16. The van der Waals surface area contributed by atoms with Gasteiger partial charge in [0.05, 0.1) is 0 Å². The van der Waals surface area contributed by atoms with E-state index >= 15 is 0 Å². The number of amides is 2. The van der Waals surface area contributed by atoms with Gasteiger partial charge in [-0.3, -0.25) is 9.59 Å². The number of allylic oxidation sites excluding steroid dienone is 2. The first-order valence-electron chi connectivity index (χ1n) is 12.3. The first-order valence-corrected chi connectivity index (χ1v) is 12.3. The van der Waals surface area contributed by atoms with Gasteiger partial charge < -0.3 is 20.8 Å². The fourth-order valence-electron chi connectivity index (χ4n) is 3.15. The van der Waals surface area contributed by atoms with E-state index in [2.05, 4.69) is 22.5 Å². The molecule has 4 N–H and O–H groups in total. The molecule has 0 aliphatic carbocycles. The number of rotatable bonds is 8. The van der Waals surface area contributed by atoms with Crippen molar-refractivity contribution in [2.24, 2.45) is 0 Å². The summed E-state index contributed by atoms with van der Waals surface area (Å²) in [5, 5.41) is 42.5. The molecule has 0 aliphatic heterocycles. The molecule has 40 heavy (non-hydrogen) atoms. The normalized spacial score (nSPS) is 11.0. The number of hydrogen-bond acceptors (Lipinski definition) is 6. The van der Waals surface area contributed by atoms with Gasteiger partial charge in [-0.05, 0) is 74.2 Å². The molecule has 2 amide bonds. The second-order valence-electron chi connectivity index (χ2n) is 8.78. The topological polar surface area (TPSA) is 146 Å². The Bertz CT molecular complexity index is 1380. The standard InChI is InChI=1S/2C16H16N2O2/c2*1-4-5-6-15(19)14(10-17)16(20)18-13-8-7-11(2)12(3)9-13/h2*1,7-9,19H,5-6H2,2-3H3,(H,18,20)/b2*15-14-. The number of nitrogens with one attached hydrogen (secondary N) is 2. The van der Waals surface area contributed by atoms with Gasteiger partial charge in [-0.15, -0.1) is 24.7 Å². The number of aliphatic hydroxyl groups is 2. The van der Waals surface area contributed by atoms with E-state index in [1.807, 2.05) is 39.8 Å². The summed E-state index contributed by atoms with van der Waals surface area (Å²) in [6, 6.07) is 14.3. The number of carbonyl (C=O) groups is 2. The van der Waals surface area contributed by atoms with E-state index in [-0.39, 0.29) is 48.3 Å². The monoisotopic (exact) mass is 536 g/mol. The zero-order valence-corrected chi connectivity index (χ0v) is 23.1. The average molecular weight is 537 g/mol. The van der Waals surface area contributed by atoms with Crippen LogP contribution in [0.5, 0.6) is 0 Å². The Hall–Kier alpha value is -5.44. The molecule has 0 radical (unpaired) electrons. The van der Waals surface area contributed by atoms with E-state index in [4.69, 9.17) is 23.4 Å². The van der Waals surface area contributed by atoms with Gasteiger partial charge in [-0.25, -0.2) is 0 Å². The number of carbonyl (C=O) groups excluding carboxylic acids is 2. The number of aryl methyl sites for hydroxylation is 4. The number of hydrogen-bond donors (Lipinski definition) is 4. The van der Waals surface area contributed by atoms with Crippen LogP contribution in [0.1, 0.15) is 47.9 Å². The molecule has 8 heteroatoms. The van der Waals surface area contributed by atoms with E-state index in [9.17, 15) is 19.8 Å². The summed E-state index contributed by atoms with van der Waals surface area (Å²) < 4.78 is 0. The SMILES string of the molecule is C#CCC/C(O)=C(\C#N)C(=O)Nc1ccc(C)c(C)c1.C#CCC/C(O)=C(\C#N)C(=O)Nc1ccc(C)c(C)c1. The number of nitrogens with zero attached hydrogens (tertiary/aromatic N) is 2. The van der Waals surface area contributed by atoms with Crippen LogP contribution in [-0.2, 0) is 9.59 Å². The summed E-state index contributed by atoms with van der Waals surface area (Å²) in [5.41, 5.74) is 4.82. The quantitative estimate of drug-likeness (QED) is 0.141. The van der Waals surface area contributed by atoms with Crippen LogP contribution in [0.3, 0.4) is 0 Å². The zero-order chi connectivity index (χ0) is 30.2. The lowest BCUT2D eigenvalue weighted by Gasteiger charge is -2.08. The summed E-state index contributed by atoms with van der Waals surface area (Å²) in [6.07, 6.45) is 10.9. The lowest BCUT2D eigenvalue weighted by Crippen LogP contribution is -2.15. The maximum Gasteiger partial charge on any atom is 0.269 e. The van der Waals surface area contributed by atoms with E-state index in [1.54, 1.807) is 36.4 Å². The van der Waals surface area contributed by atoms with Crippen LogP contribution in [-0.4, -0.2) is 22.0 Å². The molecule has 2 aromatic rings. The largest absolute Gasteiger partial charge is 0.511 e. The maximum atomic E-state index is 11.9. The van der Waals surface area contributed by atoms with Crippen LogP contribution in [0.4, 0.5) is 11.4 Å². The van der Waals surface area contributed by atoms with Gasteiger partial charge in [-0.2, -0.15) is 10.5 Å². The molecule has 0 aromatic heterocycles. The number of benzene rings is 2. The minimum atomic E-state index is -0.634. The third-order valence-electron chi connectivity index (χ3n) is 5.80. The summed E-state index contributed by atoms with van der Waals surface area (Å²) in [6.45, 7) is 7.78. The zero-order valence-electron chi connectivity index (χ0n) is 23.1. The van der Waals surface area contributed by atoms with Crippen LogP contribution < -0.4 is 10.6 Å². The van der Waals surface area contributed by atoms with Gasteiger partial charge in [0.15, 0.2) is 11.1 Å². The lowest BCUT2D eigenvalue weighted by molar-refractivity contribution is -0.113. The number of aliphatic hydroxyl groups excluding tert-OH is 2. The third-order valence-corrected chi connectivity index (χ3v) is 5.80. The third kappa shape index (κ3) is 10.1. The number of terminal acetylenes is 2. The first-order chi connectivity index (χ1) is 19.0. The van der Waals surface area contributed by atoms with Crippen LogP contribution in [0.15, 0.2) is 59.1 Å². The van der Waals surface area contributed by atoms with E-state index in [0.29, 0.717) is 11.4 Å². The van der Waals surface area contributed by atoms with Crippen LogP contribution in [0, 0.1) is 75.0 Å². The van der Waals surface area contributed by atoms with Crippen molar-refractivity contribution in [3.63, 3.8) is 0 Å². The van der Waals surface area contributed by atoms with Crippen molar-refractivity contribution in [3.05, 3.63) is 81.3 Å². The predicted octanol–water partition coefficient (Wildman–Crippen LogP) is 5.98. The Morgan fingerprint density at radius 1 is 0.700 bits per heavy atom. The molecule has 0 bridgehead atoms. The second-order valence-corrected chi connectivity index (χ2v) is 8.78. The molecule has 0 saturated heterocycles. The lowest BCUT2D eigenvalue weighted by atomic mass is 10.1. The van der Waals surface area contributed by atoms with Crippen molar-refractivity contribution in [1.29, 1.82) is 10.5 Å². The van der Waals surface area contributed by atoms with Crippen molar-refractivity contribution < 1.29 is 19.8 Å². The summed E-state index contributed by atoms with van der Waals surface area (Å²) in [4.78, 5) is 23.9. The molecular weight excluding hydrogens is 504 g/mol. The van der Waals surface area contributed by atoms with Crippen LogP contribution in [0.2, 0.25) is 0 Å². The van der Waals surface area contributed by atoms with Gasteiger partial charge >= 0.3 is 0 Å². The van der Waals surface area contributed by atoms with Gasteiger partial charge in [0.2, 0.25) is 0 Å². The van der Waals surface area contributed by atoms with Gasteiger partial charge in [0, 0.05) is 37.1 Å². The molecule has 8 nitrogen and oxygen atoms in total. The Labute approximate surface area is 235 Å². The van der Waals surface area contributed by atoms with E-state index < -0.39 is 11.8 Å². The first kappa shape index (κ1) is 32.6. The highest BCUT2D eigenvalue weighted by atomic mass is 16.3. The molecule has 0 fully saturated rings. The van der Waals surface area contributed by atoms with Crippen LogP contribution >= 0.6 is 0 Å². The van der Waals surface area contributed by atoms with Crippen molar-refractivity contribution in [2.75, 3.05) is 10.6 Å². The molecule has 0 heterocycles. The number of anilines is 2. The Morgan fingerprint density at radius 3 is 1.32 bits per heavy atom. The smallest absolute Gasteiger partial charge is 0.269 e. The molecule has 0 saturated carbocycles. The van der Waals surface area contributed by atoms with E-state index in [1.165, 1.54) is 0 Å². The molecule has 2 rings (SSSR count). The predicted molar refractivity (Wildman–Crippen MR) is 156 cm³/mol. The molecule has 0 aliphatic rings. The fraction of sp³-hybridized carbons (Fsp3) is 0.250. The molecule has 204 valence electrons. The van der Waals surface area contributed by atoms with Crippen molar-refractivity contribution in [1.82, 2.24) is 0 Å².